The Morgan fingerprint density at radius 1 is 1.21 bits per heavy atom. The van der Waals surface area contributed by atoms with Crippen LogP contribution in [0.4, 0.5) is 0 Å². The van der Waals surface area contributed by atoms with Gasteiger partial charge in [0.15, 0.2) is 0 Å². The second-order valence-electron chi connectivity index (χ2n) is 6.81. The molecule has 24 heavy (non-hydrogen) atoms. The Balaban J connectivity index is 1.43. The Bertz CT molecular complexity index is 671. The molecule has 2 heterocycles. The molecule has 1 saturated heterocycles. The van der Waals surface area contributed by atoms with Crippen molar-refractivity contribution >= 4 is 5.91 Å². The number of piperidine rings is 1. The summed E-state index contributed by atoms with van der Waals surface area (Å²) in [7, 11) is 0. The predicted molar refractivity (Wildman–Crippen MR) is 95.0 cm³/mol. The molecule has 1 aliphatic heterocycles. The monoisotopic (exact) mass is 326 g/mol. The highest BCUT2D eigenvalue weighted by molar-refractivity contribution is 5.94. The maximum Gasteiger partial charge on any atom is 0.251 e. The van der Waals surface area contributed by atoms with Gasteiger partial charge in [-0.1, -0.05) is 6.07 Å². The molecule has 2 aromatic rings. The Morgan fingerprint density at radius 3 is 2.67 bits per heavy atom. The molecule has 0 radical (unpaired) electrons. The smallest absolute Gasteiger partial charge is 0.251 e. The van der Waals surface area contributed by atoms with Gasteiger partial charge in [0, 0.05) is 12.1 Å². The fourth-order valence-corrected chi connectivity index (χ4v) is 3.19. The van der Waals surface area contributed by atoms with Gasteiger partial charge in [0.25, 0.3) is 5.91 Å². The SMILES string of the molecule is Cc1ccc(C(=O)NCC2CCN(Cc3ccco3)CC2)cc1C. The number of nitrogens with zero attached hydrogens (tertiary/aromatic N) is 1. The van der Waals surface area contributed by atoms with Crippen molar-refractivity contribution in [2.45, 2.75) is 33.2 Å². The quantitative estimate of drug-likeness (QED) is 0.914. The van der Waals surface area contributed by atoms with E-state index >= 15 is 0 Å². The Morgan fingerprint density at radius 2 is 2.00 bits per heavy atom. The maximum atomic E-state index is 12.3. The number of amides is 1. The van der Waals surface area contributed by atoms with Crippen LogP contribution >= 0.6 is 0 Å². The van der Waals surface area contributed by atoms with Gasteiger partial charge in [0.2, 0.25) is 0 Å². The third-order valence-corrected chi connectivity index (χ3v) is 4.99. The van der Waals surface area contributed by atoms with Crippen LogP contribution in [0.3, 0.4) is 0 Å². The summed E-state index contributed by atoms with van der Waals surface area (Å²) in [5.41, 5.74) is 3.14. The molecule has 0 unspecified atom stereocenters. The first-order valence-corrected chi connectivity index (χ1v) is 8.72. The molecule has 4 nitrogen and oxygen atoms in total. The minimum atomic E-state index is 0.0381. The molecule has 0 spiro atoms. The lowest BCUT2D eigenvalue weighted by atomic mass is 9.96. The zero-order chi connectivity index (χ0) is 16.9. The normalized spacial score (nSPS) is 16.2. The van der Waals surface area contributed by atoms with Crippen molar-refractivity contribution in [2.75, 3.05) is 19.6 Å². The van der Waals surface area contributed by atoms with Crippen LogP contribution in [0.1, 0.15) is 40.1 Å². The number of benzene rings is 1. The first-order valence-electron chi connectivity index (χ1n) is 8.72. The van der Waals surface area contributed by atoms with Crippen LogP contribution in [0.15, 0.2) is 41.0 Å². The Hall–Kier alpha value is -2.07. The largest absolute Gasteiger partial charge is 0.468 e. The molecule has 0 saturated carbocycles. The molecule has 1 fully saturated rings. The van der Waals surface area contributed by atoms with Crippen molar-refractivity contribution in [3.63, 3.8) is 0 Å². The lowest BCUT2D eigenvalue weighted by Crippen LogP contribution is -2.38. The molecule has 4 heteroatoms. The summed E-state index contributed by atoms with van der Waals surface area (Å²) < 4.78 is 5.41. The summed E-state index contributed by atoms with van der Waals surface area (Å²) >= 11 is 0. The highest BCUT2D eigenvalue weighted by Crippen LogP contribution is 2.19. The van der Waals surface area contributed by atoms with Gasteiger partial charge >= 0.3 is 0 Å². The van der Waals surface area contributed by atoms with Crippen molar-refractivity contribution in [3.8, 4) is 0 Å². The molecule has 0 bridgehead atoms. The van der Waals surface area contributed by atoms with Gasteiger partial charge < -0.3 is 9.73 Å². The molecule has 128 valence electrons. The van der Waals surface area contributed by atoms with E-state index in [1.54, 1.807) is 6.26 Å². The number of rotatable bonds is 5. The van der Waals surface area contributed by atoms with Gasteiger partial charge in [-0.3, -0.25) is 9.69 Å². The topological polar surface area (TPSA) is 45.5 Å². The fraction of sp³-hybridized carbons (Fsp3) is 0.450. The van der Waals surface area contributed by atoms with Crippen LogP contribution < -0.4 is 5.32 Å². The lowest BCUT2D eigenvalue weighted by molar-refractivity contribution is 0.0934. The molecular weight excluding hydrogens is 300 g/mol. The molecule has 1 N–H and O–H groups in total. The summed E-state index contributed by atoms with van der Waals surface area (Å²) in [6.07, 6.45) is 3.96. The Labute approximate surface area is 143 Å². The second-order valence-corrected chi connectivity index (χ2v) is 6.81. The molecular formula is C20H26N2O2. The highest BCUT2D eigenvalue weighted by atomic mass is 16.3. The molecule has 0 aliphatic carbocycles. The van der Waals surface area contributed by atoms with Crippen LogP contribution in [-0.2, 0) is 6.54 Å². The van der Waals surface area contributed by atoms with Gasteiger partial charge in [0.05, 0.1) is 12.8 Å². The molecule has 1 aliphatic rings. The van der Waals surface area contributed by atoms with Gasteiger partial charge in [0.1, 0.15) is 5.76 Å². The standard InChI is InChI=1S/C20H26N2O2/c1-15-5-6-18(12-16(15)2)20(23)21-13-17-7-9-22(10-8-17)14-19-4-3-11-24-19/h3-6,11-12,17H,7-10,13-14H2,1-2H3,(H,21,23). The van der Waals surface area contributed by atoms with Gasteiger partial charge in [-0.05, 0) is 81.1 Å². The number of carbonyl (C=O) groups is 1. The number of likely N-dealkylation sites (tertiary alicyclic amines) is 1. The number of aryl methyl sites for hydroxylation is 2. The number of carbonyl (C=O) groups excluding carboxylic acids is 1. The summed E-state index contributed by atoms with van der Waals surface area (Å²) in [6.45, 7) is 7.87. The number of hydrogen-bond acceptors (Lipinski definition) is 3. The third-order valence-electron chi connectivity index (χ3n) is 4.99. The maximum absolute atomic E-state index is 12.3. The van der Waals surface area contributed by atoms with E-state index in [2.05, 4.69) is 17.1 Å². The molecule has 3 rings (SSSR count). The fourth-order valence-electron chi connectivity index (χ4n) is 3.19. The number of hydrogen-bond donors (Lipinski definition) is 1. The van der Waals surface area contributed by atoms with Crippen LogP contribution in [0, 0.1) is 19.8 Å². The Kier molecular flexibility index (Phi) is 5.36. The van der Waals surface area contributed by atoms with Crippen LogP contribution in [0.25, 0.3) is 0 Å². The van der Waals surface area contributed by atoms with E-state index in [-0.39, 0.29) is 5.91 Å². The van der Waals surface area contributed by atoms with E-state index in [4.69, 9.17) is 4.42 Å². The van der Waals surface area contributed by atoms with Gasteiger partial charge in [-0.2, -0.15) is 0 Å². The van der Waals surface area contributed by atoms with Gasteiger partial charge in [-0.15, -0.1) is 0 Å². The van der Waals surface area contributed by atoms with Gasteiger partial charge in [-0.25, -0.2) is 0 Å². The van der Waals surface area contributed by atoms with Crippen molar-refractivity contribution in [2.24, 2.45) is 5.92 Å². The van der Waals surface area contributed by atoms with Crippen molar-refractivity contribution in [3.05, 3.63) is 59.0 Å². The first kappa shape index (κ1) is 16.8. The molecule has 0 atom stereocenters. The van der Waals surface area contributed by atoms with Crippen molar-refractivity contribution < 1.29 is 9.21 Å². The summed E-state index contributed by atoms with van der Waals surface area (Å²) in [6, 6.07) is 9.85. The number of nitrogens with one attached hydrogen (secondary N) is 1. The minimum absolute atomic E-state index is 0.0381. The first-order chi connectivity index (χ1) is 11.6. The summed E-state index contributed by atoms with van der Waals surface area (Å²) in [4.78, 5) is 14.7. The van der Waals surface area contributed by atoms with E-state index in [0.717, 1.165) is 55.9 Å². The predicted octanol–water partition coefficient (Wildman–Crippen LogP) is 3.54. The molecule has 1 amide bonds. The molecule has 1 aromatic carbocycles. The van der Waals surface area contributed by atoms with Crippen LogP contribution in [0.5, 0.6) is 0 Å². The van der Waals surface area contributed by atoms with E-state index in [0.29, 0.717) is 5.92 Å². The van der Waals surface area contributed by atoms with Crippen molar-refractivity contribution in [1.82, 2.24) is 10.2 Å². The van der Waals surface area contributed by atoms with E-state index < -0.39 is 0 Å². The van der Waals surface area contributed by atoms with Crippen LogP contribution in [-0.4, -0.2) is 30.4 Å². The summed E-state index contributed by atoms with van der Waals surface area (Å²) in [5.74, 6) is 1.63. The van der Waals surface area contributed by atoms with Crippen LogP contribution in [0.2, 0.25) is 0 Å². The van der Waals surface area contributed by atoms with E-state index in [1.807, 2.05) is 37.3 Å². The van der Waals surface area contributed by atoms with Crippen molar-refractivity contribution in [1.29, 1.82) is 0 Å². The number of furan rings is 1. The van der Waals surface area contributed by atoms with E-state index in [1.165, 1.54) is 5.56 Å². The lowest BCUT2D eigenvalue weighted by Gasteiger charge is -2.31. The highest BCUT2D eigenvalue weighted by Gasteiger charge is 2.20. The minimum Gasteiger partial charge on any atom is -0.468 e. The average Bonchev–Trinajstić information content (AvgIpc) is 3.09. The molecule has 1 aromatic heterocycles. The third kappa shape index (κ3) is 4.26. The van der Waals surface area contributed by atoms with E-state index in [9.17, 15) is 4.79 Å². The zero-order valence-electron chi connectivity index (χ0n) is 14.5. The second kappa shape index (κ2) is 7.67. The average molecular weight is 326 g/mol. The summed E-state index contributed by atoms with van der Waals surface area (Å²) in [5, 5.41) is 3.10. The zero-order valence-corrected chi connectivity index (χ0v) is 14.5.